The highest BCUT2D eigenvalue weighted by atomic mass is 16.3. The molecular formula is C18H22N4O2. The van der Waals surface area contributed by atoms with Gasteiger partial charge in [0, 0.05) is 51.7 Å². The van der Waals surface area contributed by atoms with Crippen molar-refractivity contribution in [3.8, 4) is 0 Å². The number of aliphatic hydroxyl groups is 1. The molecule has 0 bridgehead atoms. The van der Waals surface area contributed by atoms with E-state index in [9.17, 15) is 9.90 Å². The molecule has 0 aromatic carbocycles. The quantitative estimate of drug-likeness (QED) is 0.915. The number of nitrogens with zero attached hydrogens (tertiary/aromatic N) is 4. The Labute approximate surface area is 141 Å². The molecule has 2 aromatic heterocycles. The van der Waals surface area contributed by atoms with Gasteiger partial charge in [0.1, 0.15) is 5.82 Å². The number of carbonyl (C=O) groups excluding carboxylic acids is 1. The Bertz CT molecular complexity index is 688. The zero-order chi connectivity index (χ0) is 17.1. The summed E-state index contributed by atoms with van der Waals surface area (Å²) in [5.41, 5.74) is 1.68. The van der Waals surface area contributed by atoms with Crippen LogP contribution in [-0.4, -0.2) is 59.2 Å². The van der Waals surface area contributed by atoms with Crippen LogP contribution in [0.1, 0.15) is 15.9 Å². The van der Waals surface area contributed by atoms with Gasteiger partial charge in [-0.2, -0.15) is 0 Å². The van der Waals surface area contributed by atoms with Crippen LogP contribution in [0.3, 0.4) is 0 Å². The zero-order valence-corrected chi connectivity index (χ0v) is 14.0. The number of aromatic nitrogens is 2. The molecule has 6 nitrogen and oxygen atoms in total. The van der Waals surface area contributed by atoms with Crippen molar-refractivity contribution in [1.82, 2.24) is 14.9 Å². The van der Waals surface area contributed by atoms with Gasteiger partial charge in [0.15, 0.2) is 0 Å². The fourth-order valence-corrected chi connectivity index (χ4v) is 3.00. The second-order valence-electron chi connectivity index (χ2n) is 6.40. The van der Waals surface area contributed by atoms with Gasteiger partial charge in [-0.1, -0.05) is 0 Å². The molecule has 6 heteroatoms. The second kappa shape index (κ2) is 6.97. The van der Waals surface area contributed by atoms with Crippen molar-refractivity contribution in [3.05, 3.63) is 54.0 Å². The van der Waals surface area contributed by atoms with Crippen LogP contribution in [0.4, 0.5) is 5.82 Å². The van der Waals surface area contributed by atoms with E-state index in [0.717, 1.165) is 17.8 Å². The average molecular weight is 326 g/mol. The number of rotatable bonds is 4. The summed E-state index contributed by atoms with van der Waals surface area (Å²) in [6, 6.07) is 7.50. The zero-order valence-electron chi connectivity index (χ0n) is 14.0. The molecule has 3 rings (SSSR count). The second-order valence-corrected chi connectivity index (χ2v) is 6.40. The van der Waals surface area contributed by atoms with Gasteiger partial charge in [-0.15, -0.1) is 0 Å². The first-order valence-corrected chi connectivity index (χ1v) is 8.04. The number of aliphatic hydroxyl groups excluding tert-OH is 1. The van der Waals surface area contributed by atoms with Crippen LogP contribution < -0.4 is 4.90 Å². The molecule has 3 heterocycles. The Balaban J connectivity index is 1.66. The Morgan fingerprint density at radius 1 is 1.25 bits per heavy atom. The maximum Gasteiger partial charge on any atom is 0.255 e. The highest BCUT2D eigenvalue weighted by Crippen LogP contribution is 2.23. The van der Waals surface area contributed by atoms with Gasteiger partial charge in [-0.25, -0.2) is 4.98 Å². The van der Waals surface area contributed by atoms with Crippen molar-refractivity contribution >= 4 is 11.7 Å². The van der Waals surface area contributed by atoms with E-state index < -0.39 is 6.10 Å². The molecule has 1 fully saturated rings. The molecule has 1 N–H and O–H groups in total. The van der Waals surface area contributed by atoms with Crippen LogP contribution in [0, 0.1) is 5.92 Å². The number of likely N-dealkylation sites (tertiary alicyclic amines) is 1. The maximum atomic E-state index is 12.6. The topological polar surface area (TPSA) is 69.6 Å². The average Bonchev–Trinajstić information content (AvgIpc) is 2.96. The molecule has 0 radical (unpaired) electrons. The third kappa shape index (κ3) is 3.54. The van der Waals surface area contributed by atoms with E-state index in [0.29, 0.717) is 18.7 Å². The third-order valence-corrected chi connectivity index (χ3v) is 4.39. The number of β-amino-alcohol motifs (C(OH)–C–C–N with tert-alkyl or cyclic N) is 1. The van der Waals surface area contributed by atoms with Crippen molar-refractivity contribution < 1.29 is 9.90 Å². The van der Waals surface area contributed by atoms with Crippen LogP contribution in [0.2, 0.25) is 0 Å². The number of amides is 1. The maximum absolute atomic E-state index is 12.6. The number of hydrogen-bond acceptors (Lipinski definition) is 5. The summed E-state index contributed by atoms with van der Waals surface area (Å²) in [7, 11) is 3.81. The van der Waals surface area contributed by atoms with Gasteiger partial charge in [0.2, 0.25) is 0 Å². The number of hydrogen-bond donors (Lipinski definition) is 1. The normalized spacial score (nSPS) is 20.2. The smallest absolute Gasteiger partial charge is 0.255 e. The lowest BCUT2D eigenvalue weighted by molar-refractivity contribution is 0.0764. The Hall–Kier alpha value is -2.47. The lowest BCUT2D eigenvalue weighted by atomic mass is 9.97. The van der Waals surface area contributed by atoms with Crippen LogP contribution in [0.5, 0.6) is 0 Å². The van der Waals surface area contributed by atoms with E-state index in [1.54, 1.807) is 29.6 Å². The van der Waals surface area contributed by atoms with Gasteiger partial charge in [-0.3, -0.25) is 9.78 Å². The van der Waals surface area contributed by atoms with Crippen LogP contribution in [0.25, 0.3) is 0 Å². The lowest BCUT2D eigenvalue weighted by Gasteiger charge is -2.17. The molecule has 0 unspecified atom stereocenters. The van der Waals surface area contributed by atoms with Gasteiger partial charge in [-0.05, 0) is 36.2 Å². The van der Waals surface area contributed by atoms with E-state index in [1.165, 1.54) is 0 Å². The van der Waals surface area contributed by atoms with E-state index >= 15 is 0 Å². The SMILES string of the molecule is CN(C)c1ccc(C(=O)N2C[C@@H](Cc3ccncc3)[C@H](O)C2)cn1. The summed E-state index contributed by atoms with van der Waals surface area (Å²) in [5.74, 6) is 0.776. The van der Waals surface area contributed by atoms with E-state index in [1.807, 2.05) is 37.2 Å². The van der Waals surface area contributed by atoms with Crippen molar-refractivity contribution in [2.24, 2.45) is 5.92 Å². The lowest BCUT2D eigenvalue weighted by Crippen LogP contribution is -2.29. The Morgan fingerprint density at radius 2 is 2.00 bits per heavy atom. The molecule has 0 aliphatic carbocycles. The molecular weight excluding hydrogens is 304 g/mol. The first-order chi connectivity index (χ1) is 11.5. The monoisotopic (exact) mass is 326 g/mol. The third-order valence-electron chi connectivity index (χ3n) is 4.39. The van der Waals surface area contributed by atoms with Crippen molar-refractivity contribution in [2.45, 2.75) is 12.5 Å². The molecule has 0 spiro atoms. The fourth-order valence-electron chi connectivity index (χ4n) is 3.00. The number of carbonyl (C=O) groups is 1. The van der Waals surface area contributed by atoms with E-state index in [4.69, 9.17) is 0 Å². The first-order valence-electron chi connectivity index (χ1n) is 8.04. The van der Waals surface area contributed by atoms with Crippen molar-refractivity contribution in [3.63, 3.8) is 0 Å². The van der Waals surface area contributed by atoms with Gasteiger partial charge >= 0.3 is 0 Å². The number of anilines is 1. The molecule has 2 aromatic rings. The summed E-state index contributed by atoms with van der Waals surface area (Å²) in [5, 5.41) is 10.3. The van der Waals surface area contributed by atoms with Crippen molar-refractivity contribution in [2.75, 3.05) is 32.1 Å². The van der Waals surface area contributed by atoms with E-state index in [2.05, 4.69) is 9.97 Å². The number of pyridine rings is 2. The molecule has 24 heavy (non-hydrogen) atoms. The molecule has 0 saturated carbocycles. The summed E-state index contributed by atoms with van der Waals surface area (Å²) >= 11 is 0. The highest BCUT2D eigenvalue weighted by Gasteiger charge is 2.34. The first kappa shape index (κ1) is 16.4. The highest BCUT2D eigenvalue weighted by molar-refractivity contribution is 5.94. The summed E-state index contributed by atoms with van der Waals surface area (Å²) in [4.78, 5) is 24.5. The minimum Gasteiger partial charge on any atom is -0.391 e. The van der Waals surface area contributed by atoms with Gasteiger partial charge in [0.05, 0.1) is 11.7 Å². The Morgan fingerprint density at radius 3 is 2.62 bits per heavy atom. The van der Waals surface area contributed by atoms with Gasteiger partial charge in [0.25, 0.3) is 5.91 Å². The molecule has 1 amide bonds. The summed E-state index contributed by atoms with van der Waals surface area (Å²) in [6.07, 6.45) is 5.33. The Kier molecular flexibility index (Phi) is 4.76. The molecule has 1 aliphatic rings. The predicted octanol–water partition coefficient (Wildman–Crippen LogP) is 1.22. The van der Waals surface area contributed by atoms with Crippen LogP contribution in [0.15, 0.2) is 42.9 Å². The molecule has 1 aliphatic heterocycles. The molecule has 126 valence electrons. The molecule has 2 atom stereocenters. The largest absolute Gasteiger partial charge is 0.391 e. The van der Waals surface area contributed by atoms with E-state index in [-0.39, 0.29) is 11.8 Å². The van der Waals surface area contributed by atoms with Crippen molar-refractivity contribution in [1.29, 1.82) is 0 Å². The minimum absolute atomic E-state index is 0.0466. The van der Waals surface area contributed by atoms with Crippen LogP contribution in [-0.2, 0) is 6.42 Å². The van der Waals surface area contributed by atoms with Gasteiger partial charge < -0.3 is 14.9 Å². The summed E-state index contributed by atoms with van der Waals surface area (Å²) in [6.45, 7) is 0.918. The predicted molar refractivity (Wildman–Crippen MR) is 91.9 cm³/mol. The van der Waals surface area contributed by atoms with Crippen LogP contribution >= 0.6 is 0 Å². The standard InChI is InChI=1S/C18H22N4O2/c1-21(2)17-4-3-14(10-20-17)18(24)22-11-15(16(23)12-22)9-13-5-7-19-8-6-13/h3-8,10,15-16,23H,9,11-12H2,1-2H3/t15-,16-/m1/s1. The minimum atomic E-state index is -0.504. The fraction of sp³-hybridized carbons (Fsp3) is 0.389. The summed E-state index contributed by atoms with van der Waals surface area (Å²) < 4.78 is 0. The molecule has 1 saturated heterocycles.